The molecule has 18 heavy (non-hydrogen) atoms. The summed E-state index contributed by atoms with van der Waals surface area (Å²) in [6, 6.07) is 3.82. The molecule has 0 spiro atoms. The number of Topliss-reactive ketones (excluding diaryl/α,β-unsaturated/α-hetero) is 1. The van der Waals surface area contributed by atoms with Gasteiger partial charge in [0.15, 0.2) is 17.4 Å². The van der Waals surface area contributed by atoms with Gasteiger partial charge >= 0.3 is 0 Å². The Morgan fingerprint density at radius 2 is 2.11 bits per heavy atom. The predicted molar refractivity (Wildman–Crippen MR) is 62.3 cm³/mol. The van der Waals surface area contributed by atoms with Gasteiger partial charge in [0.05, 0.1) is 11.3 Å². The minimum Gasteiger partial charge on any atom is -0.294 e. The van der Waals surface area contributed by atoms with Crippen molar-refractivity contribution in [3.8, 4) is 0 Å². The quantitative estimate of drug-likeness (QED) is 0.784. The molecule has 94 valence electrons. The van der Waals surface area contributed by atoms with Crippen LogP contribution in [0.5, 0.6) is 0 Å². The number of hydrogen-bond acceptors (Lipinski definition) is 2. The lowest BCUT2D eigenvalue weighted by Crippen LogP contribution is -2.06. The number of hydrogen-bond donors (Lipinski definition) is 0. The first-order valence-corrected chi connectivity index (χ1v) is 5.45. The molecule has 1 aromatic heterocycles. The van der Waals surface area contributed by atoms with Crippen LogP contribution in [0.3, 0.4) is 0 Å². The molecule has 0 N–H and O–H groups in total. The molecule has 3 nitrogen and oxygen atoms in total. The van der Waals surface area contributed by atoms with Crippen LogP contribution in [0.4, 0.5) is 8.78 Å². The molecule has 0 saturated carbocycles. The monoisotopic (exact) mass is 250 g/mol. The third kappa shape index (κ3) is 2.30. The molecule has 0 amide bonds. The van der Waals surface area contributed by atoms with Crippen molar-refractivity contribution in [1.82, 2.24) is 9.78 Å². The summed E-state index contributed by atoms with van der Waals surface area (Å²) >= 11 is 0. The van der Waals surface area contributed by atoms with Crippen LogP contribution in [0, 0.1) is 18.6 Å². The Kier molecular flexibility index (Phi) is 3.23. The maximum absolute atomic E-state index is 13.4. The number of carbonyl (C=O) groups is 1. The highest BCUT2D eigenvalue weighted by Gasteiger charge is 2.16. The number of aryl methyl sites for hydroxylation is 2. The molecule has 0 unspecified atom stereocenters. The number of benzene rings is 1. The number of nitrogens with zero attached hydrogens (tertiary/aromatic N) is 2. The number of ketones is 1. The first kappa shape index (κ1) is 12.4. The third-order valence-electron chi connectivity index (χ3n) is 2.70. The predicted octanol–water partition coefficient (Wildman–Crippen LogP) is 2.43. The second-order valence-electron chi connectivity index (χ2n) is 4.11. The van der Waals surface area contributed by atoms with Crippen LogP contribution in [-0.4, -0.2) is 15.6 Å². The van der Waals surface area contributed by atoms with Gasteiger partial charge in [-0.3, -0.25) is 9.48 Å². The lowest BCUT2D eigenvalue weighted by Gasteiger charge is -2.02. The van der Waals surface area contributed by atoms with Gasteiger partial charge < -0.3 is 0 Å². The van der Waals surface area contributed by atoms with Crippen molar-refractivity contribution in [2.24, 2.45) is 7.05 Å². The van der Waals surface area contributed by atoms with E-state index in [0.29, 0.717) is 11.3 Å². The molecule has 2 aromatic rings. The second kappa shape index (κ2) is 4.68. The molecule has 0 atom stereocenters. The van der Waals surface area contributed by atoms with E-state index >= 15 is 0 Å². The highest BCUT2D eigenvalue weighted by atomic mass is 19.2. The zero-order valence-corrected chi connectivity index (χ0v) is 10.1. The van der Waals surface area contributed by atoms with Crippen LogP contribution in [0.25, 0.3) is 0 Å². The van der Waals surface area contributed by atoms with Crippen LogP contribution >= 0.6 is 0 Å². The summed E-state index contributed by atoms with van der Waals surface area (Å²) in [4.78, 5) is 12.0. The lowest BCUT2D eigenvalue weighted by atomic mass is 10.0. The average Bonchev–Trinajstić information content (AvgIpc) is 2.64. The topological polar surface area (TPSA) is 34.9 Å². The second-order valence-corrected chi connectivity index (χ2v) is 4.11. The summed E-state index contributed by atoms with van der Waals surface area (Å²) in [5.41, 5.74) is 1.07. The summed E-state index contributed by atoms with van der Waals surface area (Å²) in [6.45, 7) is 1.70. The Balaban J connectivity index is 2.27. The molecule has 0 fully saturated rings. The van der Waals surface area contributed by atoms with Gasteiger partial charge in [0, 0.05) is 19.7 Å². The molecule has 0 aliphatic rings. The zero-order valence-electron chi connectivity index (χ0n) is 10.1. The minimum absolute atomic E-state index is 0.0586. The number of aromatic nitrogens is 2. The number of halogens is 2. The molecular formula is C13H12F2N2O. The van der Waals surface area contributed by atoms with E-state index in [4.69, 9.17) is 0 Å². The van der Waals surface area contributed by atoms with E-state index in [9.17, 15) is 13.6 Å². The molecule has 0 aliphatic heterocycles. The van der Waals surface area contributed by atoms with Crippen LogP contribution in [0.15, 0.2) is 24.4 Å². The summed E-state index contributed by atoms with van der Waals surface area (Å²) in [7, 11) is 1.70. The zero-order chi connectivity index (χ0) is 13.3. The molecule has 0 saturated heterocycles. The fraction of sp³-hybridized carbons (Fsp3) is 0.231. The van der Waals surface area contributed by atoms with Gasteiger partial charge in [-0.15, -0.1) is 0 Å². The Hall–Kier alpha value is -2.04. The van der Waals surface area contributed by atoms with Crippen molar-refractivity contribution in [3.63, 3.8) is 0 Å². The SMILES string of the molecule is Cc1nn(C)cc1C(=O)Cc1cccc(F)c1F. The van der Waals surface area contributed by atoms with Gasteiger partial charge in [0.1, 0.15) is 0 Å². The van der Waals surface area contributed by atoms with Crippen LogP contribution in [0.2, 0.25) is 0 Å². The van der Waals surface area contributed by atoms with Crippen molar-refractivity contribution in [2.45, 2.75) is 13.3 Å². The van der Waals surface area contributed by atoms with Crippen molar-refractivity contribution in [1.29, 1.82) is 0 Å². The molecule has 1 aromatic carbocycles. The Bertz CT molecular complexity index is 605. The van der Waals surface area contributed by atoms with E-state index in [1.54, 1.807) is 20.2 Å². The Morgan fingerprint density at radius 3 is 2.72 bits per heavy atom. The van der Waals surface area contributed by atoms with Crippen molar-refractivity contribution in [3.05, 3.63) is 52.9 Å². The minimum atomic E-state index is -0.965. The number of rotatable bonds is 3. The van der Waals surface area contributed by atoms with Crippen molar-refractivity contribution >= 4 is 5.78 Å². The third-order valence-corrected chi connectivity index (χ3v) is 2.70. The molecule has 2 rings (SSSR count). The standard InChI is InChI=1S/C13H12F2N2O/c1-8-10(7-17(2)16-8)12(18)6-9-4-3-5-11(14)13(9)15/h3-5,7H,6H2,1-2H3. The highest BCUT2D eigenvalue weighted by molar-refractivity contribution is 5.98. The summed E-state index contributed by atoms with van der Waals surface area (Å²) in [5.74, 6) is -2.18. The maximum Gasteiger partial charge on any atom is 0.170 e. The van der Waals surface area contributed by atoms with E-state index in [1.807, 2.05) is 0 Å². The van der Waals surface area contributed by atoms with Gasteiger partial charge in [0.2, 0.25) is 0 Å². The highest BCUT2D eigenvalue weighted by Crippen LogP contribution is 2.15. The van der Waals surface area contributed by atoms with Crippen molar-refractivity contribution in [2.75, 3.05) is 0 Å². The average molecular weight is 250 g/mol. The molecule has 0 radical (unpaired) electrons. The first-order chi connectivity index (χ1) is 8.49. The molecule has 0 aliphatic carbocycles. The molecule has 5 heteroatoms. The maximum atomic E-state index is 13.4. The Morgan fingerprint density at radius 1 is 1.39 bits per heavy atom. The van der Waals surface area contributed by atoms with E-state index in [-0.39, 0.29) is 17.8 Å². The van der Waals surface area contributed by atoms with Crippen LogP contribution < -0.4 is 0 Å². The van der Waals surface area contributed by atoms with E-state index in [1.165, 1.54) is 16.8 Å². The summed E-state index contributed by atoms with van der Waals surface area (Å²) < 4.78 is 28.0. The molecule has 0 bridgehead atoms. The smallest absolute Gasteiger partial charge is 0.170 e. The Labute approximate surface area is 103 Å². The van der Waals surface area contributed by atoms with E-state index in [2.05, 4.69) is 5.10 Å². The van der Waals surface area contributed by atoms with Crippen molar-refractivity contribution < 1.29 is 13.6 Å². The normalized spacial score (nSPS) is 10.7. The van der Waals surface area contributed by atoms with Gasteiger partial charge in [-0.05, 0) is 18.6 Å². The summed E-state index contributed by atoms with van der Waals surface area (Å²) in [5, 5.41) is 4.04. The lowest BCUT2D eigenvalue weighted by molar-refractivity contribution is 0.0991. The summed E-state index contributed by atoms with van der Waals surface area (Å²) in [6.07, 6.45) is 1.41. The van der Waals surface area contributed by atoms with Gasteiger partial charge in [-0.25, -0.2) is 8.78 Å². The molecule has 1 heterocycles. The largest absolute Gasteiger partial charge is 0.294 e. The van der Waals surface area contributed by atoms with Gasteiger partial charge in [-0.1, -0.05) is 12.1 Å². The van der Waals surface area contributed by atoms with Crippen LogP contribution in [0.1, 0.15) is 21.6 Å². The van der Waals surface area contributed by atoms with E-state index in [0.717, 1.165) is 6.07 Å². The number of carbonyl (C=O) groups excluding carboxylic acids is 1. The fourth-order valence-electron chi connectivity index (χ4n) is 1.83. The van der Waals surface area contributed by atoms with E-state index < -0.39 is 11.6 Å². The van der Waals surface area contributed by atoms with Gasteiger partial charge in [0.25, 0.3) is 0 Å². The van der Waals surface area contributed by atoms with Gasteiger partial charge in [-0.2, -0.15) is 5.10 Å². The molecular weight excluding hydrogens is 238 g/mol. The fourth-order valence-corrected chi connectivity index (χ4v) is 1.83. The first-order valence-electron chi connectivity index (χ1n) is 5.45. The van der Waals surface area contributed by atoms with Crippen LogP contribution in [-0.2, 0) is 13.5 Å².